The molecule has 176 valence electrons. The van der Waals surface area contributed by atoms with Gasteiger partial charge >= 0.3 is 182 Å². The molecule has 1 fully saturated rings. The topological polar surface area (TPSA) is 132 Å². The van der Waals surface area contributed by atoms with Gasteiger partial charge in [-0.3, -0.25) is 0 Å². The van der Waals surface area contributed by atoms with Crippen LogP contribution in [0.3, 0.4) is 0 Å². The van der Waals surface area contributed by atoms with E-state index in [4.69, 9.17) is 29.9 Å². The molecule has 4 rings (SSSR count). The van der Waals surface area contributed by atoms with Crippen LogP contribution in [0.25, 0.3) is 0 Å². The Labute approximate surface area is 182 Å². The van der Waals surface area contributed by atoms with Crippen LogP contribution in [-0.2, 0) is 20.4 Å². The second kappa shape index (κ2) is 8.41. The second-order valence-corrected chi connectivity index (χ2v) is 9.34. The van der Waals surface area contributed by atoms with Crippen LogP contribution in [0.15, 0.2) is 40.1 Å². The number of halogens is 4. The van der Waals surface area contributed by atoms with Crippen molar-refractivity contribution in [1.29, 1.82) is 0 Å². The van der Waals surface area contributed by atoms with Crippen molar-refractivity contribution in [3.8, 4) is 5.75 Å². The van der Waals surface area contributed by atoms with Crippen molar-refractivity contribution >= 4 is 19.8 Å². The molecule has 0 unspecified atom stereocenters. The molecule has 0 aliphatic carbocycles. The maximum absolute atomic E-state index is 14.8. The molecule has 0 saturated carbocycles. The summed E-state index contributed by atoms with van der Waals surface area (Å²) in [7, 11) is -4.51. The van der Waals surface area contributed by atoms with Crippen molar-refractivity contribution in [3.63, 3.8) is 0 Å². The summed E-state index contributed by atoms with van der Waals surface area (Å²) in [5, 5.41) is 9.73. The number of aliphatic hydroxyl groups is 1. The van der Waals surface area contributed by atoms with E-state index in [9.17, 15) is 32.8 Å². The number of aromatic nitrogens is 2. The number of alkyl halides is 3. The molecule has 2 aliphatic heterocycles. The first-order valence-electron chi connectivity index (χ1n) is 9.12. The van der Waals surface area contributed by atoms with E-state index in [0.29, 0.717) is 16.3 Å². The average molecular weight is 501 g/mol. The van der Waals surface area contributed by atoms with E-state index in [1.807, 2.05) is 0 Å². The van der Waals surface area contributed by atoms with Gasteiger partial charge in [-0.2, -0.15) is 0 Å². The summed E-state index contributed by atoms with van der Waals surface area (Å²) in [4.78, 5) is 35.7. The van der Waals surface area contributed by atoms with E-state index in [0.717, 1.165) is 0 Å². The molecule has 2 aromatic rings. The van der Waals surface area contributed by atoms with Gasteiger partial charge in [0.2, 0.25) is 0 Å². The summed E-state index contributed by atoms with van der Waals surface area (Å²) in [6, 6.07) is 6.45. The third kappa shape index (κ3) is 3.94. The standard InChI is InChI=1S/C17H17ClF3N2O8P/c18-9-5-23(16(26)22-13(9)25)14-11(19)12(24)17(30-14,15(20)21)7-29-32(27)28-6-8-3-1-2-4-10(8)31-32/h1-5,11-12,14-15,24,27,32H,6-7H2,(H,22,25,26)/t11-,12-,14-,17-/m1/s1. The fourth-order valence-corrected chi connectivity index (χ4v) is 4.92. The third-order valence-electron chi connectivity index (χ3n) is 5.08. The van der Waals surface area contributed by atoms with E-state index in [-0.39, 0.29) is 12.4 Å². The first kappa shape index (κ1) is 23.2. The van der Waals surface area contributed by atoms with Crippen molar-refractivity contribution in [2.24, 2.45) is 0 Å². The molecule has 1 aromatic heterocycles. The molecule has 0 spiro atoms. The van der Waals surface area contributed by atoms with Crippen molar-refractivity contribution < 1.29 is 41.5 Å². The summed E-state index contributed by atoms with van der Waals surface area (Å²) in [6.07, 6.45) is -9.93. The molecule has 3 heterocycles. The minimum absolute atomic E-state index is 0.135. The van der Waals surface area contributed by atoms with E-state index >= 15 is 0 Å². The molecule has 2 aliphatic rings. The SMILES string of the molecule is O=c1[nH]c(=O)n([C@@H]2O[C@@](CO[PH]3(O)OCc4ccccc4O3)(C(F)F)[C@H](O)[C@H]2F)cc1Cl. The van der Waals surface area contributed by atoms with Gasteiger partial charge in [0.15, 0.2) is 0 Å². The number of nitrogens with zero attached hydrogens (tertiary/aromatic N) is 1. The van der Waals surface area contributed by atoms with Gasteiger partial charge in [0.25, 0.3) is 0 Å². The third-order valence-corrected chi connectivity index (χ3v) is 6.85. The Morgan fingerprint density at radius 2 is 2.09 bits per heavy atom. The van der Waals surface area contributed by atoms with Gasteiger partial charge in [0, 0.05) is 0 Å². The number of hydrogen-bond donors (Lipinski definition) is 3. The molecule has 0 radical (unpaired) electrons. The number of hydrogen-bond acceptors (Lipinski definition) is 8. The van der Waals surface area contributed by atoms with E-state index in [2.05, 4.69) is 0 Å². The molecule has 32 heavy (non-hydrogen) atoms. The molecule has 0 amide bonds. The molecule has 1 aromatic carbocycles. The van der Waals surface area contributed by atoms with E-state index < -0.39 is 61.6 Å². The van der Waals surface area contributed by atoms with Gasteiger partial charge in [0.05, 0.1) is 0 Å². The number of ether oxygens (including phenoxy) is 1. The number of para-hydroxylation sites is 1. The van der Waals surface area contributed by atoms with Crippen LogP contribution in [-0.4, -0.2) is 50.5 Å². The van der Waals surface area contributed by atoms with Gasteiger partial charge in [-0.25, -0.2) is 0 Å². The van der Waals surface area contributed by atoms with Crippen LogP contribution >= 0.6 is 19.8 Å². The second-order valence-electron chi connectivity index (χ2n) is 7.11. The Balaban J connectivity index is 1.59. The summed E-state index contributed by atoms with van der Waals surface area (Å²) in [5.41, 5.74) is -4.61. The Morgan fingerprint density at radius 1 is 1.38 bits per heavy atom. The maximum atomic E-state index is 14.8. The minimum atomic E-state index is -4.51. The van der Waals surface area contributed by atoms with Crippen molar-refractivity contribution in [2.45, 2.75) is 37.1 Å². The van der Waals surface area contributed by atoms with Gasteiger partial charge in [0.1, 0.15) is 0 Å². The monoisotopic (exact) mass is 500 g/mol. The van der Waals surface area contributed by atoms with E-state index in [1.165, 1.54) is 6.07 Å². The quantitative estimate of drug-likeness (QED) is 0.526. The summed E-state index contributed by atoms with van der Waals surface area (Å²) < 4.78 is 63.9. The molecular formula is C17H17ClF3N2O8P. The molecular weight excluding hydrogens is 484 g/mol. The molecule has 1 saturated heterocycles. The number of fused-ring (bicyclic) bond motifs is 1. The van der Waals surface area contributed by atoms with Crippen LogP contribution in [0.5, 0.6) is 5.75 Å². The van der Waals surface area contributed by atoms with Crippen LogP contribution in [0, 0.1) is 0 Å². The molecule has 4 atom stereocenters. The number of aromatic amines is 1. The summed E-state index contributed by atoms with van der Waals surface area (Å²) in [6.45, 7) is -1.37. The van der Waals surface area contributed by atoms with Crippen molar-refractivity contribution in [2.75, 3.05) is 6.61 Å². The summed E-state index contributed by atoms with van der Waals surface area (Å²) in [5.74, 6) is 0.211. The Bertz CT molecular complexity index is 1140. The van der Waals surface area contributed by atoms with Gasteiger partial charge < -0.3 is 0 Å². The zero-order valence-electron chi connectivity index (χ0n) is 15.9. The zero-order chi connectivity index (χ0) is 23.3. The molecule has 0 bridgehead atoms. The molecule has 3 N–H and O–H groups in total. The average Bonchev–Trinajstić information content (AvgIpc) is 3.01. The van der Waals surface area contributed by atoms with Crippen molar-refractivity contribution in [1.82, 2.24) is 9.55 Å². The molecule has 15 heteroatoms. The fraction of sp³-hybridized carbons (Fsp3) is 0.412. The van der Waals surface area contributed by atoms with Crippen LogP contribution < -0.4 is 15.8 Å². The number of rotatable bonds is 5. The Hall–Kier alpha value is -1.99. The van der Waals surface area contributed by atoms with Gasteiger partial charge in [-0.05, 0) is 0 Å². The normalized spacial score (nSPS) is 30.0. The number of aliphatic hydroxyl groups excluding tert-OH is 1. The summed E-state index contributed by atoms with van der Waals surface area (Å²) >= 11 is 5.63. The number of nitrogens with one attached hydrogen (secondary N) is 1. The zero-order valence-corrected chi connectivity index (χ0v) is 17.7. The predicted molar refractivity (Wildman–Crippen MR) is 104 cm³/mol. The van der Waals surface area contributed by atoms with E-state index in [1.54, 1.807) is 23.2 Å². The Morgan fingerprint density at radius 3 is 2.81 bits per heavy atom. The van der Waals surface area contributed by atoms with Gasteiger partial charge in [-0.1, -0.05) is 0 Å². The molecule has 10 nitrogen and oxygen atoms in total. The predicted octanol–water partition coefficient (Wildman–Crippen LogP) is 1.45. The Kier molecular flexibility index (Phi) is 6.09. The fourth-order valence-electron chi connectivity index (χ4n) is 3.34. The first-order valence-corrected chi connectivity index (χ1v) is 11.2. The van der Waals surface area contributed by atoms with Crippen LogP contribution in [0.4, 0.5) is 13.2 Å². The first-order chi connectivity index (χ1) is 15.1. The van der Waals surface area contributed by atoms with Crippen LogP contribution in [0.2, 0.25) is 5.02 Å². The number of H-pyrrole nitrogens is 1. The van der Waals surface area contributed by atoms with Crippen molar-refractivity contribution in [3.05, 3.63) is 61.9 Å². The van der Waals surface area contributed by atoms with Gasteiger partial charge in [-0.15, -0.1) is 0 Å². The number of benzene rings is 1. The van der Waals surface area contributed by atoms with Crippen LogP contribution in [0.1, 0.15) is 11.8 Å².